The van der Waals surface area contributed by atoms with E-state index in [9.17, 15) is 4.79 Å². The first-order valence-electron chi connectivity index (χ1n) is 6.99. The standard InChI is InChI=1S/C15H22N4O/c1-2-3-7-14(17)15(20)19(10-5-8-16)12-13-6-4-9-18-11-13/h4,6,9,11,14H,2-3,5,7,10,12,17H2,1H3/t14-/m0/s1. The number of nitrogens with zero attached hydrogens (tertiary/aromatic N) is 3. The van der Waals surface area contributed by atoms with Crippen molar-refractivity contribution in [2.75, 3.05) is 6.54 Å². The summed E-state index contributed by atoms with van der Waals surface area (Å²) in [6.07, 6.45) is 6.37. The zero-order chi connectivity index (χ0) is 14.8. The number of unbranched alkanes of at least 4 members (excludes halogenated alkanes) is 1. The van der Waals surface area contributed by atoms with Crippen LogP contribution in [-0.4, -0.2) is 28.4 Å². The quantitative estimate of drug-likeness (QED) is 0.784. The first-order chi connectivity index (χ1) is 9.69. The van der Waals surface area contributed by atoms with Crippen molar-refractivity contribution < 1.29 is 4.79 Å². The number of hydrogen-bond donors (Lipinski definition) is 1. The van der Waals surface area contributed by atoms with E-state index in [0.29, 0.717) is 25.9 Å². The van der Waals surface area contributed by atoms with Crippen LogP contribution in [0.3, 0.4) is 0 Å². The van der Waals surface area contributed by atoms with Gasteiger partial charge in [0.05, 0.1) is 18.5 Å². The van der Waals surface area contributed by atoms with Gasteiger partial charge < -0.3 is 10.6 Å². The van der Waals surface area contributed by atoms with Gasteiger partial charge in [0.25, 0.3) is 0 Å². The van der Waals surface area contributed by atoms with E-state index in [1.54, 1.807) is 17.3 Å². The molecule has 0 aliphatic carbocycles. The van der Waals surface area contributed by atoms with Gasteiger partial charge in [0.2, 0.25) is 5.91 Å². The molecule has 1 aromatic rings. The van der Waals surface area contributed by atoms with Gasteiger partial charge in [-0.3, -0.25) is 9.78 Å². The van der Waals surface area contributed by atoms with Crippen LogP contribution >= 0.6 is 0 Å². The minimum atomic E-state index is -0.481. The number of aromatic nitrogens is 1. The van der Waals surface area contributed by atoms with Crippen molar-refractivity contribution in [2.24, 2.45) is 5.73 Å². The molecule has 0 unspecified atom stereocenters. The third-order valence-corrected chi connectivity index (χ3v) is 3.09. The van der Waals surface area contributed by atoms with Crippen LogP contribution in [0.5, 0.6) is 0 Å². The van der Waals surface area contributed by atoms with Crippen LogP contribution in [0.1, 0.15) is 38.2 Å². The minimum absolute atomic E-state index is 0.0856. The summed E-state index contributed by atoms with van der Waals surface area (Å²) >= 11 is 0. The predicted molar refractivity (Wildman–Crippen MR) is 77.4 cm³/mol. The van der Waals surface area contributed by atoms with Crippen LogP contribution < -0.4 is 5.73 Å². The van der Waals surface area contributed by atoms with Gasteiger partial charge in [-0.2, -0.15) is 5.26 Å². The molecule has 2 N–H and O–H groups in total. The Morgan fingerprint density at radius 3 is 3.00 bits per heavy atom. The molecule has 1 heterocycles. The molecule has 0 radical (unpaired) electrons. The van der Waals surface area contributed by atoms with Gasteiger partial charge in [0.15, 0.2) is 0 Å². The molecule has 0 aromatic carbocycles. The minimum Gasteiger partial charge on any atom is -0.336 e. The van der Waals surface area contributed by atoms with Gasteiger partial charge in [-0.1, -0.05) is 25.8 Å². The molecule has 0 aliphatic heterocycles. The lowest BCUT2D eigenvalue weighted by Gasteiger charge is -2.25. The summed E-state index contributed by atoms with van der Waals surface area (Å²) in [5.41, 5.74) is 6.89. The maximum atomic E-state index is 12.3. The highest BCUT2D eigenvalue weighted by atomic mass is 16.2. The van der Waals surface area contributed by atoms with Crippen molar-refractivity contribution in [3.8, 4) is 6.07 Å². The van der Waals surface area contributed by atoms with Crippen molar-refractivity contribution in [3.63, 3.8) is 0 Å². The second kappa shape index (κ2) is 9.05. The predicted octanol–water partition coefficient (Wildman–Crippen LogP) is 1.84. The van der Waals surface area contributed by atoms with Gasteiger partial charge in [-0.25, -0.2) is 0 Å². The Kier molecular flexibility index (Phi) is 7.30. The zero-order valence-electron chi connectivity index (χ0n) is 12.0. The molecule has 0 fully saturated rings. The summed E-state index contributed by atoms with van der Waals surface area (Å²) in [6.45, 7) is 2.93. The highest BCUT2D eigenvalue weighted by Crippen LogP contribution is 2.08. The smallest absolute Gasteiger partial charge is 0.239 e. The van der Waals surface area contributed by atoms with E-state index in [4.69, 9.17) is 11.0 Å². The molecule has 1 rings (SSSR count). The van der Waals surface area contributed by atoms with Gasteiger partial charge in [-0.15, -0.1) is 0 Å². The monoisotopic (exact) mass is 274 g/mol. The Balaban J connectivity index is 2.68. The molecule has 0 spiro atoms. The maximum absolute atomic E-state index is 12.3. The van der Waals surface area contributed by atoms with Gasteiger partial charge in [-0.05, 0) is 18.1 Å². The molecular formula is C15H22N4O. The number of pyridine rings is 1. The Bertz CT molecular complexity index is 441. The van der Waals surface area contributed by atoms with Gasteiger partial charge in [0, 0.05) is 25.5 Å². The fraction of sp³-hybridized carbons (Fsp3) is 0.533. The largest absolute Gasteiger partial charge is 0.336 e. The van der Waals surface area contributed by atoms with E-state index >= 15 is 0 Å². The summed E-state index contributed by atoms with van der Waals surface area (Å²) in [4.78, 5) is 18.0. The van der Waals surface area contributed by atoms with Crippen LogP contribution in [-0.2, 0) is 11.3 Å². The van der Waals surface area contributed by atoms with Crippen LogP contribution in [0, 0.1) is 11.3 Å². The summed E-state index contributed by atoms with van der Waals surface area (Å²) in [5.74, 6) is -0.0856. The highest BCUT2D eigenvalue weighted by Gasteiger charge is 2.20. The molecule has 5 heteroatoms. The van der Waals surface area contributed by atoms with Crippen molar-refractivity contribution in [1.29, 1.82) is 5.26 Å². The first kappa shape index (κ1) is 16.1. The summed E-state index contributed by atoms with van der Waals surface area (Å²) in [7, 11) is 0. The van der Waals surface area contributed by atoms with E-state index in [2.05, 4.69) is 18.0 Å². The van der Waals surface area contributed by atoms with Crippen LogP contribution in [0.4, 0.5) is 0 Å². The first-order valence-corrected chi connectivity index (χ1v) is 6.99. The van der Waals surface area contributed by atoms with Crippen molar-refractivity contribution in [3.05, 3.63) is 30.1 Å². The molecule has 1 aromatic heterocycles. The molecule has 20 heavy (non-hydrogen) atoms. The number of carbonyl (C=O) groups is 1. The molecule has 0 saturated heterocycles. The van der Waals surface area contributed by atoms with Crippen molar-refractivity contribution in [1.82, 2.24) is 9.88 Å². The number of carbonyl (C=O) groups excluding carboxylic acids is 1. The van der Waals surface area contributed by atoms with Crippen LogP contribution in [0.2, 0.25) is 0 Å². The lowest BCUT2D eigenvalue weighted by molar-refractivity contribution is -0.133. The van der Waals surface area contributed by atoms with Gasteiger partial charge in [0.1, 0.15) is 0 Å². The molecule has 1 amide bonds. The molecule has 1 atom stereocenters. The fourth-order valence-corrected chi connectivity index (χ4v) is 1.95. The SMILES string of the molecule is CCCC[C@H](N)C(=O)N(CCC#N)Cc1cccnc1. The summed E-state index contributed by atoms with van der Waals surface area (Å²) in [5, 5.41) is 8.71. The number of amides is 1. The Hall–Kier alpha value is -1.93. The molecular weight excluding hydrogens is 252 g/mol. The lowest BCUT2D eigenvalue weighted by Crippen LogP contribution is -2.43. The fourth-order valence-electron chi connectivity index (χ4n) is 1.95. The molecule has 5 nitrogen and oxygen atoms in total. The Morgan fingerprint density at radius 1 is 1.60 bits per heavy atom. The zero-order valence-corrected chi connectivity index (χ0v) is 12.0. The Morgan fingerprint density at radius 2 is 2.40 bits per heavy atom. The van der Waals surface area contributed by atoms with Crippen molar-refractivity contribution in [2.45, 2.75) is 45.2 Å². The van der Waals surface area contributed by atoms with Crippen LogP contribution in [0.25, 0.3) is 0 Å². The maximum Gasteiger partial charge on any atom is 0.239 e. The second-order valence-corrected chi connectivity index (χ2v) is 4.78. The highest BCUT2D eigenvalue weighted by molar-refractivity contribution is 5.81. The number of nitriles is 1. The molecule has 108 valence electrons. The molecule has 0 saturated carbocycles. The van der Waals surface area contributed by atoms with Gasteiger partial charge >= 0.3 is 0 Å². The normalized spacial score (nSPS) is 11.7. The van der Waals surface area contributed by atoms with Crippen molar-refractivity contribution >= 4 is 5.91 Å². The van der Waals surface area contributed by atoms with E-state index in [1.807, 2.05) is 12.1 Å². The molecule has 0 aliphatic rings. The second-order valence-electron chi connectivity index (χ2n) is 4.78. The number of nitrogens with two attached hydrogens (primary N) is 1. The average molecular weight is 274 g/mol. The summed E-state index contributed by atoms with van der Waals surface area (Å²) < 4.78 is 0. The van der Waals surface area contributed by atoms with Crippen LogP contribution in [0.15, 0.2) is 24.5 Å². The average Bonchev–Trinajstić information content (AvgIpc) is 2.49. The summed E-state index contributed by atoms with van der Waals surface area (Å²) in [6, 6.07) is 5.34. The van der Waals surface area contributed by atoms with E-state index in [-0.39, 0.29) is 5.91 Å². The third-order valence-electron chi connectivity index (χ3n) is 3.09. The Labute approximate surface area is 120 Å². The van der Waals surface area contributed by atoms with E-state index in [1.165, 1.54) is 0 Å². The third kappa shape index (κ3) is 5.37. The number of hydrogen-bond acceptors (Lipinski definition) is 4. The van der Waals surface area contributed by atoms with E-state index < -0.39 is 6.04 Å². The van der Waals surface area contributed by atoms with E-state index in [0.717, 1.165) is 18.4 Å². The lowest BCUT2D eigenvalue weighted by atomic mass is 10.1. The number of rotatable bonds is 8. The molecule has 0 bridgehead atoms. The topological polar surface area (TPSA) is 83.0 Å².